The molecular formula is C22H23N3O9S. The van der Waals surface area contributed by atoms with E-state index in [2.05, 4.69) is 10.6 Å². The van der Waals surface area contributed by atoms with Crippen molar-refractivity contribution >= 4 is 47.7 Å². The zero-order valence-electron chi connectivity index (χ0n) is 18.3. The minimum atomic E-state index is -1.34. The van der Waals surface area contributed by atoms with Crippen LogP contribution in [0.2, 0.25) is 0 Å². The number of fused-ring (bicyclic) bond motifs is 1. The van der Waals surface area contributed by atoms with Gasteiger partial charge in [0.05, 0.1) is 6.61 Å². The molecular weight excluding hydrogens is 482 g/mol. The van der Waals surface area contributed by atoms with Crippen LogP contribution < -0.4 is 10.6 Å². The number of hydrogen-bond donors (Lipinski definition) is 5. The van der Waals surface area contributed by atoms with E-state index in [1.807, 2.05) is 0 Å². The number of carbonyl (C=O) groups excluding carboxylic acids is 4. The molecule has 1 aromatic carbocycles. The molecule has 0 radical (unpaired) electrons. The molecule has 1 unspecified atom stereocenters. The first-order valence-electron chi connectivity index (χ1n) is 10.6. The second kappa shape index (κ2) is 11.1. The molecule has 186 valence electrons. The Kier molecular flexibility index (Phi) is 8.25. The van der Waals surface area contributed by atoms with Crippen molar-refractivity contribution in [2.24, 2.45) is 0 Å². The molecule has 1 aromatic rings. The van der Waals surface area contributed by atoms with Gasteiger partial charge in [0, 0.05) is 23.3 Å². The van der Waals surface area contributed by atoms with Crippen molar-refractivity contribution in [1.82, 2.24) is 15.5 Å². The number of nitrogens with zero attached hydrogens (tertiary/aromatic N) is 1. The molecule has 1 fully saturated rings. The summed E-state index contributed by atoms with van der Waals surface area (Å²) in [6.45, 7) is -0.496. The molecule has 2 heterocycles. The lowest BCUT2D eigenvalue weighted by Gasteiger charge is -2.49. The average Bonchev–Trinajstić information content (AvgIpc) is 2.85. The van der Waals surface area contributed by atoms with Crippen LogP contribution in [0.1, 0.15) is 40.0 Å². The minimum absolute atomic E-state index is 0.0312. The summed E-state index contributed by atoms with van der Waals surface area (Å²) in [4.78, 5) is 72.4. The van der Waals surface area contributed by atoms with Crippen LogP contribution in [0, 0.1) is 0 Å². The number of thioether (sulfide) groups is 1. The first-order valence-corrected chi connectivity index (χ1v) is 11.6. The van der Waals surface area contributed by atoms with Crippen LogP contribution in [0.4, 0.5) is 0 Å². The highest BCUT2D eigenvalue weighted by atomic mass is 32.2. The molecule has 0 aromatic heterocycles. The second-order valence-electron chi connectivity index (χ2n) is 7.83. The Hall–Kier alpha value is -3.71. The number of β-lactam (4-membered cyclic amide) rings is 1. The van der Waals surface area contributed by atoms with E-state index in [4.69, 9.17) is 0 Å². The van der Waals surface area contributed by atoms with Crippen molar-refractivity contribution in [1.29, 1.82) is 0 Å². The summed E-state index contributed by atoms with van der Waals surface area (Å²) in [6.07, 6.45) is 0.361. The van der Waals surface area contributed by atoms with Gasteiger partial charge in [-0.15, -0.1) is 11.8 Å². The molecule has 1 saturated heterocycles. The highest BCUT2D eigenvalue weighted by molar-refractivity contribution is 8.00. The van der Waals surface area contributed by atoms with Crippen LogP contribution in [-0.4, -0.2) is 86.0 Å². The number of amides is 3. The topological polar surface area (TPSA) is 190 Å². The third-order valence-corrected chi connectivity index (χ3v) is 6.93. The molecule has 35 heavy (non-hydrogen) atoms. The number of nitrogens with one attached hydrogen (secondary N) is 2. The van der Waals surface area contributed by atoms with E-state index in [0.717, 1.165) is 4.90 Å². The van der Waals surface area contributed by atoms with E-state index in [1.54, 1.807) is 6.07 Å². The largest absolute Gasteiger partial charge is 0.480 e. The normalized spacial score (nSPS) is 19.8. The quantitative estimate of drug-likeness (QED) is 0.195. The number of carboxylic acid groups (broad SMARTS) is 2. The van der Waals surface area contributed by atoms with E-state index in [-0.39, 0.29) is 47.4 Å². The lowest BCUT2D eigenvalue weighted by Crippen LogP contribution is -2.70. The van der Waals surface area contributed by atoms with Crippen molar-refractivity contribution in [3.63, 3.8) is 0 Å². The van der Waals surface area contributed by atoms with E-state index >= 15 is 0 Å². The van der Waals surface area contributed by atoms with E-state index in [0.29, 0.717) is 6.29 Å². The van der Waals surface area contributed by atoms with E-state index in [1.165, 1.54) is 30.0 Å². The molecule has 13 heteroatoms. The van der Waals surface area contributed by atoms with E-state index < -0.39 is 53.7 Å². The Morgan fingerprint density at radius 1 is 1.20 bits per heavy atom. The monoisotopic (exact) mass is 505 g/mol. The van der Waals surface area contributed by atoms with Crippen molar-refractivity contribution in [3.05, 3.63) is 46.7 Å². The lowest BCUT2D eigenvalue weighted by atomic mass is 10.0. The van der Waals surface area contributed by atoms with Gasteiger partial charge in [-0.05, 0) is 24.5 Å². The summed E-state index contributed by atoms with van der Waals surface area (Å²) in [5, 5.41) is 32.4. The van der Waals surface area contributed by atoms with Gasteiger partial charge in [-0.1, -0.05) is 18.2 Å². The Balaban J connectivity index is 1.52. The Labute approximate surface area is 203 Å². The third kappa shape index (κ3) is 5.52. The number of aldehydes is 1. The molecule has 3 amide bonds. The van der Waals surface area contributed by atoms with Gasteiger partial charge in [-0.25, -0.2) is 9.59 Å². The van der Waals surface area contributed by atoms with Crippen LogP contribution in [0.3, 0.4) is 0 Å². The van der Waals surface area contributed by atoms with Gasteiger partial charge in [0.25, 0.3) is 11.8 Å². The molecule has 3 rings (SSSR count). The number of rotatable bonds is 11. The smallest absolute Gasteiger partial charge is 0.352 e. The molecule has 3 atom stereocenters. The summed E-state index contributed by atoms with van der Waals surface area (Å²) in [7, 11) is 0. The van der Waals surface area contributed by atoms with Gasteiger partial charge in [0.2, 0.25) is 5.91 Å². The molecule has 0 bridgehead atoms. The van der Waals surface area contributed by atoms with Crippen molar-refractivity contribution in [2.75, 3.05) is 12.4 Å². The highest BCUT2D eigenvalue weighted by Crippen LogP contribution is 2.40. The van der Waals surface area contributed by atoms with Crippen LogP contribution in [0.5, 0.6) is 0 Å². The zero-order chi connectivity index (χ0) is 25.7. The molecule has 12 nitrogen and oxygen atoms in total. The van der Waals surface area contributed by atoms with Gasteiger partial charge in [-0.3, -0.25) is 24.1 Å². The Morgan fingerprint density at radius 3 is 2.54 bits per heavy atom. The first kappa shape index (κ1) is 25.9. The van der Waals surface area contributed by atoms with Gasteiger partial charge in [0.15, 0.2) is 6.29 Å². The maximum absolute atomic E-state index is 12.5. The van der Waals surface area contributed by atoms with Crippen molar-refractivity contribution in [3.8, 4) is 0 Å². The number of carbonyl (C=O) groups is 6. The number of benzene rings is 1. The predicted molar refractivity (Wildman–Crippen MR) is 121 cm³/mol. The second-order valence-corrected chi connectivity index (χ2v) is 8.94. The SMILES string of the molecule is O=Cc1ccccc1C(=O)NC(CCCC(=O)N[C@@H]1C(=O)N2C(C(=O)O)=C(CO)CS[C@@H]12)C(=O)O. The summed E-state index contributed by atoms with van der Waals surface area (Å²) < 4.78 is 0. The number of aliphatic hydroxyl groups is 1. The number of hydrogen-bond acceptors (Lipinski definition) is 8. The van der Waals surface area contributed by atoms with Crippen LogP contribution in [-0.2, 0) is 19.2 Å². The Bertz CT molecular complexity index is 1100. The molecule has 2 aliphatic heterocycles. The van der Waals surface area contributed by atoms with Crippen molar-refractivity contribution in [2.45, 2.75) is 36.7 Å². The maximum Gasteiger partial charge on any atom is 0.352 e. The fourth-order valence-electron chi connectivity index (χ4n) is 3.82. The van der Waals surface area contributed by atoms with Gasteiger partial charge >= 0.3 is 11.9 Å². The zero-order valence-corrected chi connectivity index (χ0v) is 19.1. The highest BCUT2D eigenvalue weighted by Gasteiger charge is 2.54. The van der Waals surface area contributed by atoms with Crippen LogP contribution in [0.15, 0.2) is 35.5 Å². The summed E-state index contributed by atoms with van der Waals surface area (Å²) >= 11 is 1.22. The fourth-order valence-corrected chi connectivity index (χ4v) is 5.15. The summed E-state index contributed by atoms with van der Waals surface area (Å²) in [5.74, 6) is -4.31. The Morgan fingerprint density at radius 2 is 1.91 bits per heavy atom. The van der Waals surface area contributed by atoms with Gasteiger partial charge in [0.1, 0.15) is 23.2 Å². The molecule has 0 spiro atoms. The van der Waals surface area contributed by atoms with Crippen LogP contribution >= 0.6 is 11.8 Å². The van der Waals surface area contributed by atoms with Gasteiger partial charge < -0.3 is 26.0 Å². The van der Waals surface area contributed by atoms with E-state index in [9.17, 15) is 44.1 Å². The maximum atomic E-state index is 12.5. The molecule has 0 aliphatic carbocycles. The number of aliphatic carboxylic acids is 2. The summed E-state index contributed by atoms with van der Waals surface area (Å²) in [6, 6.07) is 3.68. The van der Waals surface area contributed by atoms with Crippen molar-refractivity contribution < 1.29 is 44.1 Å². The number of aliphatic hydroxyl groups excluding tert-OH is 1. The first-order chi connectivity index (χ1) is 16.7. The molecule has 5 N–H and O–H groups in total. The third-order valence-electron chi connectivity index (χ3n) is 5.59. The summed E-state index contributed by atoms with van der Waals surface area (Å²) in [5.41, 5.74) is 0.0846. The average molecular weight is 506 g/mol. The number of carboxylic acids is 2. The lowest BCUT2D eigenvalue weighted by molar-refractivity contribution is -0.150. The fraction of sp³-hybridized carbons (Fsp3) is 0.364. The minimum Gasteiger partial charge on any atom is -0.480 e. The molecule has 2 aliphatic rings. The van der Waals surface area contributed by atoms with Crippen LogP contribution in [0.25, 0.3) is 0 Å². The molecule has 0 saturated carbocycles. The van der Waals surface area contributed by atoms with Gasteiger partial charge in [-0.2, -0.15) is 0 Å². The standard InChI is InChI=1S/C22H23N3O9S/c26-8-11-4-1-2-5-13(11)18(29)23-14(21(31)32)6-3-7-15(28)24-16-19(30)25-17(22(33)34)12(9-27)10-35-20(16)25/h1-2,4-5,8,14,16,20,27H,3,6-7,9-10H2,(H,23,29)(H,24,28)(H,31,32)(H,33,34)/t14?,16-,20+/m1/s1. The predicted octanol–water partition coefficient (Wildman–Crippen LogP) is -0.417.